The smallest absolute Gasteiger partial charge is 0.233 e. The second-order valence-corrected chi connectivity index (χ2v) is 5.28. The molecule has 3 aliphatic rings. The van der Waals surface area contributed by atoms with Gasteiger partial charge in [-0.1, -0.05) is 0 Å². The Morgan fingerprint density at radius 1 is 1.25 bits per heavy atom. The van der Waals surface area contributed by atoms with Crippen molar-refractivity contribution in [3.05, 3.63) is 0 Å². The summed E-state index contributed by atoms with van der Waals surface area (Å²) >= 11 is 0. The number of nitrogens with zero attached hydrogens (tertiary/aromatic N) is 1. The molecule has 88 valence electrons. The average Bonchev–Trinajstić information content (AvgIpc) is 3.05. The van der Waals surface area contributed by atoms with Crippen molar-refractivity contribution in [2.45, 2.75) is 25.7 Å². The van der Waals surface area contributed by atoms with Crippen LogP contribution in [0.25, 0.3) is 0 Å². The van der Waals surface area contributed by atoms with Crippen LogP contribution >= 0.6 is 0 Å². The van der Waals surface area contributed by atoms with E-state index in [0.717, 1.165) is 25.9 Å². The third-order valence-corrected chi connectivity index (χ3v) is 4.12. The summed E-state index contributed by atoms with van der Waals surface area (Å²) in [5.74, 6) is 0.970. The van der Waals surface area contributed by atoms with Crippen molar-refractivity contribution in [2.24, 2.45) is 17.8 Å². The minimum Gasteiger partial charge on any atom is -0.316 e. The van der Waals surface area contributed by atoms with Crippen LogP contribution in [0.1, 0.15) is 25.7 Å². The van der Waals surface area contributed by atoms with E-state index in [9.17, 15) is 9.59 Å². The number of rotatable bonds is 3. The molecule has 0 spiro atoms. The van der Waals surface area contributed by atoms with Gasteiger partial charge in [0.15, 0.2) is 0 Å². The van der Waals surface area contributed by atoms with Crippen molar-refractivity contribution in [1.29, 1.82) is 0 Å². The zero-order valence-corrected chi connectivity index (χ0v) is 9.45. The number of carbonyl (C=O) groups excluding carboxylic acids is 2. The van der Waals surface area contributed by atoms with Crippen LogP contribution < -0.4 is 5.32 Å². The maximum atomic E-state index is 11.7. The lowest BCUT2D eigenvalue weighted by molar-refractivity contribution is -0.141. The summed E-state index contributed by atoms with van der Waals surface area (Å²) in [7, 11) is 0. The predicted molar refractivity (Wildman–Crippen MR) is 58.5 cm³/mol. The fourth-order valence-electron chi connectivity index (χ4n) is 2.95. The average molecular weight is 222 g/mol. The van der Waals surface area contributed by atoms with Gasteiger partial charge in [0.1, 0.15) is 0 Å². The Morgan fingerprint density at radius 3 is 2.62 bits per heavy atom. The normalized spacial score (nSPS) is 37.8. The molecule has 3 fully saturated rings. The number of hydrogen-bond donors (Lipinski definition) is 1. The Morgan fingerprint density at radius 2 is 2.00 bits per heavy atom. The molecule has 2 aliphatic heterocycles. The summed E-state index contributed by atoms with van der Waals surface area (Å²) in [6, 6.07) is 0. The standard InChI is InChI=1S/C12H18N2O2/c15-11-9-6-10(9)12(16)14(11)5-3-8-2-1-4-13-7-8/h8-10,13H,1-7H2. The predicted octanol–water partition coefficient (Wildman–Crippen LogP) is 0.381. The zero-order chi connectivity index (χ0) is 11.1. The maximum Gasteiger partial charge on any atom is 0.233 e. The minimum atomic E-state index is 0.0666. The van der Waals surface area contributed by atoms with Crippen molar-refractivity contribution in [3.8, 4) is 0 Å². The van der Waals surface area contributed by atoms with E-state index in [1.807, 2.05) is 0 Å². The Balaban J connectivity index is 1.51. The van der Waals surface area contributed by atoms with Crippen LogP contribution in [0.2, 0.25) is 0 Å². The van der Waals surface area contributed by atoms with E-state index in [-0.39, 0.29) is 23.7 Å². The van der Waals surface area contributed by atoms with E-state index in [1.54, 1.807) is 0 Å². The number of nitrogens with one attached hydrogen (secondary N) is 1. The van der Waals surface area contributed by atoms with Gasteiger partial charge in [0.05, 0.1) is 11.8 Å². The van der Waals surface area contributed by atoms with Crippen LogP contribution in [0, 0.1) is 17.8 Å². The van der Waals surface area contributed by atoms with Gasteiger partial charge in [-0.25, -0.2) is 0 Å². The van der Waals surface area contributed by atoms with Gasteiger partial charge in [0.25, 0.3) is 0 Å². The quantitative estimate of drug-likeness (QED) is 0.702. The highest BCUT2D eigenvalue weighted by atomic mass is 16.2. The van der Waals surface area contributed by atoms with Gasteiger partial charge < -0.3 is 5.32 Å². The van der Waals surface area contributed by atoms with Crippen molar-refractivity contribution in [3.63, 3.8) is 0 Å². The third-order valence-electron chi connectivity index (χ3n) is 4.12. The highest BCUT2D eigenvalue weighted by Gasteiger charge is 2.58. The first-order chi connectivity index (χ1) is 7.77. The van der Waals surface area contributed by atoms with Gasteiger partial charge in [0, 0.05) is 6.54 Å². The SMILES string of the molecule is O=C1C2CC2C(=O)N1CCC1CCCNC1. The number of imide groups is 1. The Labute approximate surface area is 95.4 Å². The summed E-state index contributed by atoms with van der Waals surface area (Å²) in [6.07, 6.45) is 4.25. The molecule has 16 heavy (non-hydrogen) atoms. The fourth-order valence-corrected chi connectivity index (χ4v) is 2.95. The first kappa shape index (κ1) is 10.3. The van der Waals surface area contributed by atoms with Gasteiger partial charge in [-0.2, -0.15) is 0 Å². The molecule has 2 heterocycles. The van der Waals surface area contributed by atoms with Crippen LogP contribution in [0.5, 0.6) is 0 Å². The lowest BCUT2D eigenvalue weighted by Gasteiger charge is -2.25. The molecule has 0 aromatic rings. The Kier molecular flexibility index (Phi) is 2.46. The molecule has 4 heteroatoms. The number of fused-ring (bicyclic) bond motifs is 1. The van der Waals surface area contributed by atoms with Crippen LogP contribution in [0.3, 0.4) is 0 Å². The van der Waals surface area contributed by atoms with Crippen LogP contribution in [-0.2, 0) is 9.59 Å². The number of amides is 2. The monoisotopic (exact) mass is 222 g/mol. The molecule has 0 aromatic heterocycles. The molecule has 2 amide bonds. The van der Waals surface area contributed by atoms with Gasteiger partial charge in [0.2, 0.25) is 11.8 Å². The first-order valence-corrected chi connectivity index (χ1v) is 6.33. The molecule has 1 saturated carbocycles. The van der Waals surface area contributed by atoms with Crippen molar-refractivity contribution in [1.82, 2.24) is 10.2 Å². The molecule has 1 aliphatic carbocycles. The lowest BCUT2D eigenvalue weighted by Crippen LogP contribution is -2.37. The van der Waals surface area contributed by atoms with E-state index in [0.29, 0.717) is 12.5 Å². The fraction of sp³-hybridized carbons (Fsp3) is 0.833. The Bertz CT molecular complexity index is 303. The number of hydrogen-bond acceptors (Lipinski definition) is 3. The van der Waals surface area contributed by atoms with Gasteiger partial charge in [-0.3, -0.25) is 14.5 Å². The van der Waals surface area contributed by atoms with Gasteiger partial charge >= 0.3 is 0 Å². The lowest BCUT2D eigenvalue weighted by atomic mass is 9.96. The summed E-state index contributed by atoms with van der Waals surface area (Å²) in [5.41, 5.74) is 0. The number of likely N-dealkylation sites (tertiary alicyclic amines) is 1. The second-order valence-electron chi connectivity index (χ2n) is 5.28. The zero-order valence-electron chi connectivity index (χ0n) is 9.45. The van der Waals surface area contributed by atoms with Crippen LogP contribution in [-0.4, -0.2) is 36.3 Å². The maximum absolute atomic E-state index is 11.7. The van der Waals surface area contributed by atoms with Crippen molar-refractivity contribution >= 4 is 11.8 Å². The largest absolute Gasteiger partial charge is 0.316 e. The molecule has 3 unspecified atom stereocenters. The molecule has 0 aromatic carbocycles. The van der Waals surface area contributed by atoms with Gasteiger partial charge in [-0.05, 0) is 44.7 Å². The topological polar surface area (TPSA) is 49.4 Å². The van der Waals surface area contributed by atoms with Crippen molar-refractivity contribution < 1.29 is 9.59 Å². The highest BCUT2D eigenvalue weighted by Crippen LogP contribution is 2.47. The Hall–Kier alpha value is -0.900. The third kappa shape index (κ3) is 1.65. The molecule has 1 N–H and O–H groups in total. The first-order valence-electron chi connectivity index (χ1n) is 6.33. The number of carbonyl (C=O) groups is 2. The summed E-state index contributed by atoms with van der Waals surface area (Å²) in [5, 5.41) is 3.36. The minimum absolute atomic E-state index is 0.0666. The number of piperidine rings is 2. The van der Waals surface area contributed by atoms with Crippen molar-refractivity contribution in [2.75, 3.05) is 19.6 Å². The van der Waals surface area contributed by atoms with Gasteiger partial charge in [-0.15, -0.1) is 0 Å². The van der Waals surface area contributed by atoms with Crippen LogP contribution in [0.4, 0.5) is 0 Å². The summed E-state index contributed by atoms with van der Waals surface area (Å²) in [6.45, 7) is 2.81. The van der Waals surface area contributed by atoms with E-state index in [1.165, 1.54) is 17.7 Å². The summed E-state index contributed by atoms with van der Waals surface area (Å²) < 4.78 is 0. The van der Waals surface area contributed by atoms with E-state index in [2.05, 4.69) is 5.32 Å². The van der Waals surface area contributed by atoms with E-state index < -0.39 is 0 Å². The van der Waals surface area contributed by atoms with E-state index >= 15 is 0 Å². The summed E-state index contributed by atoms with van der Waals surface area (Å²) in [4.78, 5) is 24.9. The molecular formula is C12H18N2O2. The molecule has 3 rings (SSSR count). The second kappa shape index (κ2) is 3.84. The highest BCUT2D eigenvalue weighted by molar-refractivity contribution is 6.08. The molecule has 4 nitrogen and oxygen atoms in total. The molecule has 2 saturated heterocycles. The van der Waals surface area contributed by atoms with Crippen LogP contribution in [0.15, 0.2) is 0 Å². The van der Waals surface area contributed by atoms with E-state index in [4.69, 9.17) is 0 Å². The molecule has 0 radical (unpaired) electrons. The molecule has 0 bridgehead atoms. The molecule has 3 atom stereocenters. The molecular weight excluding hydrogens is 204 g/mol.